The van der Waals surface area contributed by atoms with Crippen LogP contribution in [0.3, 0.4) is 0 Å². The van der Waals surface area contributed by atoms with E-state index in [9.17, 15) is 9.59 Å². The molecule has 22 heavy (non-hydrogen) atoms. The van der Waals surface area contributed by atoms with Crippen LogP contribution in [0.2, 0.25) is 5.02 Å². The van der Waals surface area contributed by atoms with Crippen molar-refractivity contribution in [2.24, 2.45) is 0 Å². The molecule has 3 rings (SSSR count). The smallest absolute Gasteiger partial charge is 0.303 e. The molecule has 2 aromatic carbocycles. The number of nitrogens with one attached hydrogen (secondary N) is 1. The highest BCUT2D eigenvalue weighted by atomic mass is 35.5. The summed E-state index contributed by atoms with van der Waals surface area (Å²) < 4.78 is 5.05. The molecule has 5 heteroatoms. The maximum atomic E-state index is 11.9. The topological polar surface area (TPSA) is 55.4 Å². The zero-order valence-corrected chi connectivity index (χ0v) is 12.7. The summed E-state index contributed by atoms with van der Waals surface area (Å²) in [6.45, 7) is 1.30. The number of carbonyl (C=O) groups is 2. The van der Waals surface area contributed by atoms with Gasteiger partial charge in [-0.2, -0.15) is 0 Å². The van der Waals surface area contributed by atoms with E-state index in [4.69, 9.17) is 16.3 Å². The van der Waals surface area contributed by atoms with Crippen LogP contribution >= 0.6 is 11.6 Å². The number of amides is 1. The SMILES string of the molecule is CC(=O)OC1Cc2cc(-c3ccc(Cl)cc3)ccc2NC1=O. The Morgan fingerprint density at radius 1 is 1.18 bits per heavy atom. The second kappa shape index (κ2) is 5.81. The van der Waals surface area contributed by atoms with Gasteiger partial charge in [0.15, 0.2) is 6.10 Å². The number of fused-ring (bicyclic) bond motifs is 1. The number of rotatable bonds is 2. The molecule has 1 N–H and O–H groups in total. The third kappa shape index (κ3) is 2.97. The first-order valence-electron chi connectivity index (χ1n) is 6.90. The highest BCUT2D eigenvalue weighted by Gasteiger charge is 2.28. The number of ether oxygens (including phenoxy) is 1. The van der Waals surface area contributed by atoms with Gasteiger partial charge in [0.2, 0.25) is 0 Å². The predicted molar refractivity (Wildman–Crippen MR) is 84.8 cm³/mol. The quantitative estimate of drug-likeness (QED) is 0.864. The van der Waals surface area contributed by atoms with E-state index in [-0.39, 0.29) is 5.91 Å². The molecule has 1 heterocycles. The average Bonchev–Trinajstić information content (AvgIpc) is 2.48. The molecule has 4 nitrogen and oxygen atoms in total. The van der Waals surface area contributed by atoms with Crippen LogP contribution in [0.15, 0.2) is 42.5 Å². The number of hydrogen-bond acceptors (Lipinski definition) is 3. The fourth-order valence-electron chi connectivity index (χ4n) is 2.51. The molecular weight excluding hydrogens is 302 g/mol. The standard InChI is InChI=1S/C17H14ClNO3/c1-10(20)22-16-9-13-8-12(4-7-15(13)19-17(16)21)11-2-5-14(18)6-3-11/h2-8,16H,9H2,1H3,(H,19,21). The first kappa shape index (κ1) is 14.6. The average molecular weight is 316 g/mol. The van der Waals surface area contributed by atoms with Crippen LogP contribution < -0.4 is 5.32 Å². The molecule has 0 saturated heterocycles. The van der Waals surface area contributed by atoms with Crippen LogP contribution in [0.1, 0.15) is 12.5 Å². The van der Waals surface area contributed by atoms with Crippen molar-refractivity contribution in [1.29, 1.82) is 0 Å². The van der Waals surface area contributed by atoms with Gasteiger partial charge in [0.25, 0.3) is 5.91 Å². The van der Waals surface area contributed by atoms with Crippen molar-refractivity contribution < 1.29 is 14.3 Å². The number of esters is 1. The van der Waals surface area contributed by atoms with E-state index >= 15 is 0 Å². The Hall–Kier alpha value is -2.33. The van der Waals surface area contributed by atoms with E-state index in [1.165, 1.54) is 6.92 Å². The monoisotopic (exact) mass is 315 g/mol. The summed E-state index contributed by atoms with van der Waals surface area (Å²) in [5.74, 6) is -0.751. The molecule has 0 aromatic heterocycles. The highest BCUT2D eigenvalue weighted by molar-refractivity contribution is 6.30. The lowest BCUT2D eigenvalue weighted by Crippen LogP contribution is -2.37. The number of carbonyl (C=O) groups excluding carboxylic acids is 2. The molecule has 1 unspecified atom stereocenters. The van der Waals surface area contributed by atoms with Crippen LogP contribution in [0.5, 0.6) is 0 Å². The largest absolute Gasteiger partial charge is 0.452 e. The van der Waals surface area contributed by atoms with Crippen molar-refractivity contribution >= 4 is 29.2 Å². The molecule has 0 radical (unpaired) electrons. The summed E-state index contributed by atoms with van der Waals surface area (Å²) >= 11 is 5.90. The first-order valence-corrected chi connectivity index (χ1v) is 7.27. The van der Waals surface area contributed by atoms with E-state index in [1.54, 1.807) is 0 Å². The van der Waals surface area contributed by atoms with E-state index in [0.29, 0.717) is 11.4 Å². The predicted octanol–water partition coefficient (Wildman–Crippen LogP) is 3.43. The Morgan fingerprint density at radius 2 is 1.86 bits per heavy atom. The summed E-state index contributed by atoms with van der Waals surface area (Å²) in [6.07, 6.45) is -0.396. The third-order valence-corrected chi connectivity index (χ3v) is 3.80. The first-order chi connectivity index (χ1) is 10.5. The van der Waals surface area contributed by atoms with Gasteiger partial charge in [0.05, 0.1) is 0 Å². The third-order valence-electron chi connectivity index (χ3n) is 3.55. The molecule has 0 saturated carbocycles. The van der Waals surface area contributed by atoms with Gasteiger partial charge >= 0.3 is 5.97 Å². The molecule has 2 aromatic rings. The molecular formula is C17H14ClNO3. The van der Waals surface area contributed by atoms with Crippen molar-refractivity contribution in [3.63, 3.8) is 0 Å². The zero-order valence-electron chi connectivity index (χ0n) is 11.9. The minimum atomic E-state index is -0.773. The van der Waals surface area contributed by atoms with E-state index < -0.39 is 12.1 Å². The fourth-order valence-corrected chi connectivity index (χ4v) is 2.63. The van der Waals surface area contributed by atoms with Gasteiger partial charge < -0.3 is 10.1 Å². The minimum Gasteiger partial charge on any atom is -0.452 e. The van der Waals surface area contributed by atoms with Crippen LogP contribution in [0.4, 0.5) is 5.69 Å². The normalized spacial score (nSPS) is 16.6. The Balaban J connectivity index is 1.92. The van der Waals surface area contributed by atoms with Crippen molar-refractivity contribution in [2.45, 2.75) is 19.4 Å². The van der Waals surface area contributed by atoms with Gasteiger partial charge in [-0.25, -0.2) is 0 Å². The lowest BCUT2D eigenvalue weighted by Gasteiger charge is -2.24. The fraction of sp³-hybridized carbons (Fsp3) is 0.176. The van der Waals surface area contributed by atoms with E-state index in [1.807, 2.05) is 42.5 Å². The van der Waals surface area contributed by atoms with Crippen molar-refractivity contribution in [1.82, 2.24) is 0 Å². The van der Waals surface area contributed by atoms with Crippen LogP contribution in [-0.2, 0) is 20.7 Å². The zero-order chi connectivity index (χ0) is 15.7. The van der Waals surface area contributed by atoms with Gasteiger partial charge in [0.1, 0.15) is 0 Å². The molecule has 0 bridgehead atoms. The summed E-state index contributed by atoms with van der Waals surface area (Å²) in [5.41, 5.74) is 3.76. The summed E-state index contributed by atoms with van der Waals surface area (Å²) in [5, 5.41) is 3.45. The van der Waals surface area contributed by atoms with Gasteiger partial charge in [-0.3, -0.25) is 9.59 Å². The van der Waals surface area contributed by atoms with Crippen molar-refractivity contribution in [3.8, 4) is 11.1 Å². The molecule has 1 amide bonds. The summed E-state index contributed by atoms with van der Waals surface area (Å²) in [4.78, 5) is 23.0. The second-order valence-corrected chi connectivity index (χ2v) is 5.61. The van der Waals surface area contributed by atoms with Crippen molar-refractivity contribution in [3.05, 3.63) is 53.1 Å². The molecule has 0 spiro atoms. The Kier molecular flexibility index (Phi) is 3.86. The number of hydrogen-bond donors (Lipinski definition) is 1. The Morgan fingerprint density at radius 3 is 2.55 bits per heavy atom. The summed E-state index contributed by atoms with van der Waals surface area (Å²) in [6, 6.07) is 13.3. The van der Waals surface area contributed by atoms with Crippen molar-refractivity contribution in [2.75, 3.05) is 5.32 Å². The maximum Gasteiger partial charge on any atom is 0.303 e. The molecule has 112 valence electrons. The molecule has 0 fully saturated rings. The molecule has 1 atom stereocenters. The Bertz CT molecular complexity index is 740. The van der Waals surface area contributed by atoms with E-state index in [0.717, 1.165) is 22.4 Å². The van der Waals surface area contributed by atoms with E-state index in [2.05, 4.69) is 5.32 Å². The van der Waals surface area contributed by atoms with Crippen LogP contribution in [0.25, 0.3) is 11.1 Å². The van der Waals surface area contributed by atoms with Gasteiger partial charge in [-0.05, 0) is 41.0 Å². The van der Waals surface area contributed by atoms with Gasteiger partial charge in [-0.15, -0.1) is 0 Å². The number of benzene rings is 2. The lowest BCUT2D eigenvalue weighted by atomic mass is 9.96. The molecule has 1 aliphatic rings. The van der Waals surface area contributed by atoms with Crippen LogP contribution in [-0.4, -0.2) is 18.0 Å². The molecule has 0 aliphatic carbocycles. The minimum absolute atomic E-state index is 0.290. The summed E-state index contributed by atoms with van der Waals surface area (Å²) in [7, 11) is 0. The number of anilines is 1. The maximum absolute atomic E-state index is 11.9. The van der Waals surface area contributed by atoms with Crippen LogP contribution in [0, 0.1) is 0 Å². The van der Waals surface area contributed by atoms with Gasteiger partial charge in [0, 0.05) is 24.1 Å². The van der Waals surface area contributed by atoms with Gasteiger partial charge in [-0.1, -0.05) is 29.8 Å². The highest BCUT2D eigenvalue weighted by Crippen LogP contribution is 2.30. The second-order valence-electron chi connectivity index (χ2n) is 5.17. The number of halogens is 1. The lowest BCUT2D eigenvalue weighted by molar-refractivity contribution is -0.152. The Labute approximate surface area is 133 Å². The molecule has 1 aliphatic heterocycles.